The summed E-state index contributed by atoms with van der Waals surface area (Å²) in [5, 5.41) is 0.672. The van der Waals surface area contributed by atoms with E-state index in [9.17, 15) is 4.79 Å². The number of aromatic nitrogens is 3. The third kappa shape index (κ3) is 4.30. The fourth-order valence-corrected chi connectivity index (χ4v) is 3.43. The first-order valence-electron chi connectivity index (χ1n) is 9.46. The molecule has 5 nitrogen and oxygen atoms in total. The number of likely N-dealkylation sites (N-methyl/N-ethyl adjacent to an activating group) is 1. The second-order valence-corrected chi connectivity index (χ2v) is 7.38. The SMILES string of the molecule is CN(CCc1ccncc1)C(=O)Cc1c(-c2ccc(Cl)cc2)nc2ccccn12. The molecule has 1 amide bonds. The van der Waals surface area contributed by atoms with Crippen LogP contribution in [0.1, 0.15) is 11.3 Å². The molecule has 4 rings (SSSR count). The number of rotatable bonds is 6. The van der Waals surface area contributed by atoms with Gasteiger partial charge in [-0.25, -0.2) is 4.98 Å². The monoisotopic (exact) mass is 404 g/mol. The van der Waals surface area contributed by atoms with Crippen LogP contribution in [0, 0.1) is 0 Å². The van der Waals surface area contributed by atoms with Crippen molar-refractivity contribution in [2.75, 3.05) is 13.6 Å². The smallest absolute Gasteiger partial charge is 0.228 e. The number of carbonyl (C=O) groups is 1. The molecule has 0 atom stereocenters. The quantitative estimate of drug-likeness (QED) is 0.481. The summed E-state index contributed by atoms with van der Waals surface area (Å²) in [6.45, 7) is 0.649. The van der Waals surface area contributed by atoms with Gasteiger partial charge in [0.25, 0.3) is 0 Å². The molecule has 0 aliphatic heterocycles. The maximum Gasteiger partial charge on any atom is 0.228 e. The highest BCUT2D eigenvalue weighted by atomic mass is 35.5. The minimum absolute atomic E-state index is 0.0555. The van der Waals surface area contributed by atoms with Gasteiger partial charge in [-0.15, -0.1) is 0 Å². The summed E-state index contributed by atoms with van der Waals surface area (Å²) in [5.41, 5.74) is 4.61. The molecule has 3 heterocycles. The van der Waals surface area contributed by atoms with Crippen LogP contribution in [0.5, 0.6) is 0 Å². The van der Waals surface area contributed by atoms with Gasteiger partial charge in [0.15, 0.2) is 0 Å². The van der Waals surface area contributed by atoms with E-state index in [0.717, 1.165) is 34.6 Å². The number of benzene rings is 1. The van der Waals surface area contributed by atoms with Crippen LogP contribution in [0.2, 0.25) is 5.02 Å². The fourth-order valence-electron chi connectivity index (χ4n) is 3.30. The second-order valence-electron chi connectivity index (χ2n) is 6.94. The number of nitrogens with zero attached hydrogens (tertiary/aromatic N) is 4. The van der Waals surface area contributed by atoms with Gasteiger partial charge < -0.3 is 9.30 Å². The molecule has 146 valence electrons. The van der Waals surface area contributed by atoms with Crippen LogP contribution in [-0.4, -0.2) is 38.8 Å². The Bertz CT molecular complexity index is 1120. The van der Waals surface area contributed by atoms with E-state index in [1.165, 1.54) is 0 Å². The van der Waals surface area contributed by atoms with Gasteiger partial charge in [0.05, 0.1) is 17.8 Å². The summed E-state index contributed by atoms with van der Waals surface area (Å²) >= 11 is 6.04. The molecule has 0 spiro atoms. The third-order valence-electron chi connectivity index (χ3n) is 4.98. The number of fused-ring (bicyclic) bond motifs is 1. The Morgan fingerprint density at radius 3 is 2.59 bits per heavy atom. The van der Waals surface area contributed by atoms with Crippen LogP contribution in [-0.2, 0) is 17.6 Å². The van der Waals surface area contributed by atoms with Crippen molar-refractivity contribution < 1.29 is 4.79 Å². The van der Waals surface area contributed by atoms with E-state index in [4.69, 9.17) is 16.6 Å². The van der Waals surface area contributed by atoms with Gasteiger partial charge in [0.2, 0.25) is 5.91 Å². The molecule has 0 saturated carbocycles. The van der Waals surface area contributed by atoms with Gasteiger partial charge >= 0.3 is 0 Å². The number of imidazole rings is 1. The zero-order chi connectivity index (χ0) is 20.2. The largest absolute Gasteiger partial charge is 0.345 e. The molecule has 0 radical (unpaired) electrons. The molecule has 0 saturated heterocycles. The lowest BCUT2D eigenvalue weighted by Gasteiger charge is -2.17. The van der Waals surface area contributed by atoms with Gasteiger partial charge in [-0.2, -0.15) is 0 Å². The van der Waals surface area contributed by atoms with Crippen LogP contribution in [0.3, 0.4) is 0 Å². The normalized spacial score (nSPS) is 11.0. The first kappa shape index (κ1) is 19.2. The lowest BCUT2D eigenvalue weighted by molar-refractivity contribution is -0.129. The van der Waals surface area contributed by atoms with Crippen molar-refractivity contribution >= 4 is 23.2 Å². The lowest BCUT2D eigenvalue weighted by atomic mass is 10.1. The molecular weight excluding hydrogens is 384 g/mol. The molecule has 0 bridgehead atoms. The highest BCUT2D eigenvalue weighted by Crippen LogP contribution is 2.26. The first-order chi connectivity index (χ1) is 14.1. The molecule has 6 heteroatoms. The van der Waals surface area contributed by atoms with Crippen molar-refractivity contribution in [3.05, 3.63) is 89.5 Å². The molecule has 0 aliphatic rings. The predicted octanol–water partition coefficient (Wildman–Crippen LogP) is 4.29. The van der Waals surface area contributed by atoms with Crippen LogP contribution >= 0.6 is 11.6 Å². The lowest BCUT2D eigenvalue weighted by Crippen LogP contribution is -2.30. The van der Waals surface area contributed by atoms with Crippen molar-refractivity contribution in [1.82, 2.24) is 19.3 Å². The van der Waals surface area contributed by atoms with E-state index in [2.05, 4.69) is 4.98 Å². The van der Waals surface area contributed by atoms with Crippen LogP contribution < -0.4 is 0 Å². The van der Waals surface area contributed by atoms with Crippen molar-refractivity contribution in [1.29, 1.82) is 0 Å². The van der Waals surface area contributed by atoms with Crippen molar-refractivity contribution in [3.63, 3.8) is 0 Å². The summed E-state index contributed by atoms with van der Waals surface area (Å²) in [6.07, 6.45) is 6.56. The standard InChI is InChI=1S/C23H21ClN4O/c1-27(15-11-17-9-12-25-13-10-17)22(29)16-20-23(18-5-7-19(24)8-6-18)26-21-4-2-3-14-28(20)21/h2-10,12-14H,11,15-16H2,1H3. The van der Waals surface area contributed by atoms with E-state index < -0.39 is 0 Å². The second kappa shape index (κ2) is 8.45. The topological polar surface area (TPSA) is 50.5 Å². The Labute approximate surface area is 174 Å². The molecule has 29 heavy (non-hydrogen) atoms. The third-order valence-corrected chi connectivity index (χ3v) is 5.23. The zero-order valence-electron chi connectivity index (χ0n) is 16.1. The number of hydrogen-bond donors (Lipinski definition) is 0. The number of pyridine rings is 2. The van der Waals surface area contributed by atoms with E-state index in [1.54, 1.807) is 17.3 Å². The summed E-state index contributed by atoms with van der Waals surface area (Å²) in [7, 11) is 1.84. The minimum Gasteiger partial charge on any atom is -0.345 e. The minimum atomic E-state index is 0.0555. The van der Waals surface area contributed by atoms with Gasteiger partial charge in [-0.05, 0) is 48.4 Å². The van der Waals surface area contributed by atoms with E-state index in [0.29, 0.717) is 11.6 Å². The van der Waals surface area contributed by atoms with Crippen molar-refractivity contribution in [3.8, 4) is 11.3 Å². The number of amides is 1. The summed E-state index contributed by atoms with van der Waals surface area (Å²) < 4.78 is 1.98. The number of halogens is 1. The van der Waals surface area contributed by atoms with Crippen LogP contribution in [0.4, 0.5) is 0 Å². The van der Waals surface area contributed by atoms with Gasteiger partial charge in [0.1, 0.15) is 5.65 Å². The summed E-state index contributed by atoms with van der Waals surface area (Å²) in [5.74, 6) is 0.0555. The Balaban J connectivity index is 1.58. The Hall–Kier alpha value is -3.18. The van der Waals surface area contributed by atoms with Gasteiger partial charge in [-0.3, -0.25) is 9.78 Å². The molecule has 1 aromatic carbocycles. The molecular formula is C23H21ClN4O. The molecule has 0 aliphatic carbocycles. The predicted molar refractivity (Wildman–Crippen MR) is 115 cm³/mol. The Morgan fingerprint density at radius 1 is 1.07 bits per heavy atom. The number of carbonyl (C=O) groups excluding carboxylic acids is 1. The molecule has 3 aromatic heterocycles. The zero-order valence-corrected chi connectivity index (χ0v) is 16.9. The molecule has 0 N–H and O–H groups in total. The summed E-state index contributed by atoms with van der Waals surface area (Å²) in [6, 6.07) is 17.3. The van der Waals surface area contributed by atoms with Gasteiger partial charge in [0, 0.05) is 42.8 Å². The van der Waals surface area contributed by atoms with Crippen molar-refractivity contribution in [2.24, 2.45) is 0 Å². The average molecular weight is 405 g/mol. The van der Waals surface area contributed by atoms with Gasteiger partial charge in [-0.1, -0.05) is 29.8 Å². The highest BCUT2D eigenvalue weighted by molar-refractivity contribution is 6.30. The number of hydrogen-bond acceptors (Lipinski definition) is 3. The van der Waals surface area contributed by atoms with E-state index >= 15 is 0 Å². The highest BCUT2D eigenvalue weighted by Gasteiger charge is 2.19. The molecule has 4 aromatic rings. The average Bonchev–Trinajstić information content (AvgIpc) is 3.11. The van der Waals surface area contributed by atoms with Crippen molar-refractivity contribution in [2.45, 2.75) is 12.8 Å². The maximum absolute atomic E-state index is 13.0. The van der Waals surface area contributed by atoms with E-state index in [1.807, 2.05) is 72.2 Å². The molecule has 0 fully saturated rings. The summed E-state index contributed by atoms with van der Waals surface area (Å²) in [4.78, 5) is 23.5. The Morgan fingerprint density at radius 2 is 1.83 bits per heavy atom. The first-order valence-corrected chi connectivity index (χ1v) is 9.84. The van der Waals surface area contributed by atoms with E-state index in [-0.39, 0.29) is 12.3 Å². The maximum atomic E-state index is 13.0. The fraction of sp³-hybridized carbons (Fsp3) is 0.174. The Kier molecular flexibility index (Phi) is 5.58. The molecule has 0 unspecified atom stereocenters. The van der Waals surface area contributed by atoms with Crippen LogP contribution in [0.25, 0.3) is 16.9 Å². The van der Waals surface area contributed by atoms with Crippen LogP contribution in [0.15, 0.2) is 73.2 Å².